The van der Waals surface area contributed by atoms with Gasteiger partial charge < -0.3 is 9.80 Å². The van der Waals surface area contributed by atoms with Gasteiger partial charge in [-0.3, -0.25) is 4.90 Å². The summed E-state index contributed by atoms with van der Waals surface area (Å²) in [5, 5.41) is 0. The van der Waals surface area contributed by atoms with Crippen LogP contribution in [0.5, 0.6) is 0 Å². The molecule has 0 N–H and O–H groups in total. The van der Waals surface area contributed by atoms with E-state index < -0.39 is 0 Å². The smallest absolute Gasteiger partial charge is 0.325 e. The lowest BCUT2D eigenvalue weighted by Crippen LogP contribution is -2.45. The summed E-state index contributed by atoms with van der Waals surface area (Å²) >= 11 is 0. The van der Waals surface area contributed by atoms with Crippen molar-refractivity contribution >= 4 is 30.0 Å². The molecule has 5 heteroatoms. The topological polar surface area (TPSA) is 26.8 Å². The number of halogens is 1. The first-order chi connectivity index (χ1) is 7.16. The largest absolute Gasteiger partial charge is 0.361 e. The standard InChI is InChI=1S/C11H19N3O.HI/c1-10-3-5-13(6-4-10)11(15)14-8-7-12(2)9-14;/h7-8,10H,3-6,9H2,1-2H3;1H. The number of carbonyl (C=O) groups is 1. The van der Waals surface area contributed by atoms with Crippen molar-refractivity contribution < 1.29 is 4.79 Å². The summed E-state index contributed by atoms with van der Waals surface area (Å²) in [4.78, 5) is 17.8. The zero-order chi connectivity index (χ0) is 10.8. The molecule has 2 rings (SSSR count). The van der Waals surface area contributed by atoms with Crippen molar-refractivity contribution in [1.29, 1.82) is 0 Å². The van der Waals surface area contributed by atoms with E-state index in [9.17, 15) is 4.79 Å². The average Bonchev–Trinajstić information content (AvgIpc) is 2.65. The first-order valence-electron chi connectivity index (χ1n) is 5.61. The van der Waals surface area contributed by atoms with Gasteiger partial charge in [0, 0.05) is 32.5 Å². The minimum absolute atomic E-state index is 0. The van der Waals surface area contributed by atoms with Crippen LogP contribution in [0.25, 0.3) is 0 Å². The Morgan fingerprint density at radius 3 is 2.38 bits per heavy atom. The number of amides is 2. The first kappa shape index (κ1) is 13.6. The van der Waals surface area contributed by atoms with Gasteiger partial charge in [-0.1, -0.05) is 6.92 Å². The minimum Gasteiger partial charge on any atom is -0.361 e. The van der Waals surface area contributed by atoms with Gasteiger partial charge in [-0.2, -0.15) is 0 Å². The van der Waals surface area contributed by atoms with Crippen LogP contribution in [0.4, 0.5) is 4.79 Å². The molecule has 0 aromatic rings. The van der Waals surface area contributed by atoms with Gasteiger partial charge in [-0.05, 0) is 18.8 Å². The maximum atomic E-state index is 12.0. The molecule has 0 aliphatic carbocycles. The Morgan fingerprint density at radius 2 is 1.88 bits per heavy atom. The number of hydrogen-bond acceptors (Lipinski definition) is 2. The van der Waals surface area contributed by atoms with Crippen LogP contribution in [0, 0.1) is 5.92 Å². The molecule has 92 valence electrons. The van der Waals surface area contributed by atoms with Gasteiger partial charge in [0.25, 0.3) is 0 Å². The second kappa shape index (κ2) is 5.75. The number of rotatable bonds is 0. The molecular formula is C11H20IN3O. The van der Waals surface area contributed by atoms with Crippen LogP contribution >= 0.6 is 24.0 Å². The van der Waals surface area contributed by atoms with Crippen molar-refractivity contribution in [2.75, 3.05) is 26.8 Å². The van der Waals surface area contributed by atoms with Gasteiger partial charge in [0.2, 0.25) is 0 Å². The lowest BCUT2D eigenvalue weighted by atomic mass is 10.00. The summed E-state index contributed by atoms with van der Waals surface area (Å²) in [5.41, 5.74) is 0. The number of carbonyl (C=O) groups excluding carboxylic acids is 1. The highest BCUT2D eigenvalue weighted by Crippen LogP contribution is 2.18. The summed E-state index contributed by atoms with van der Waals surface area (Å²) in [5.74, 6) is 0.769. The fourth-order valence-corrected chi connectivity index (χ4v) is 2.03. The summed E-state index contributed by atoms with van der Waals surface area (Å²) in [7, 11) is 1.97. The van der Waals surface area contributed by atoms with Crippen molar-refractivity contribution in [2.24, 2.45) is 5.92 Å². The molecule has 1 saturated heterocycles. The maximum absolute atomic E-state index is 12.0. The van der Waals surface area contributed by atoms with Gasteiger partial charge in [0.15, 0.2) is 0 Å². The Labute approximate surface area is 114 Å². The molecule has 2 aliphatic heterocycles. The molecule has 0 unspecified atom stereocenters. The van der Waals surface area contributed by atoms with E-state index in [-0.39, 0.29) is 30.0 Å². The molecule has 2 amide bonds. The Balaban J connectivity index is 0.00000128. The zero-order valence-electron chi connectivity index (χ0n) is 9.93. The van der Waals surface area contributed by atoms with E-state index in [1.54, 1.807) is 4.90 Å². The Morgan fingerprint density at radius 1 is 1.25 bits per heavy atom. The van der Waals surface area contributed by atoms with E-state index >= 15 is 0 Å². The number of urea groups is 1. The van der Waals surface area contributed by atoms with E-state index in [2.05, 4.69) is 6.92 Å². The predicted octanol–water partition coefficient (Wildman–Crippen LogP) is 2.13. The van der Waals surface area contributed by atoms with Crippen molar-refractivity contribution in [2.45, 2.75) is 19.8 Å². The average molecular weight is 337 g/mol. The zero-order valence-corrected chi connectivity index (χ0v) is 12.3. The lowest BCUT2D eigenvalue weighted by Gasteiger charge is -2.32. The molecule has 0 atom stereocenters. The van der Waals surface area contributed by atoms with Gasteiger partial charge in [0.05, 0.1) is 6.67 Å². The van der Waals surface area contributed by atoms with Crippen LogP contribution in [0.3, 0.4) is 0 Å². The third-order valence-corrected chi connectivity index (χ3v) is 3.18. The second-order valence-corrected chi connectivity index (χ2v) is 4.62. The third-order valence-electron chi connectivity index (χ3n) is 3.18. The van der Waals surface area contributed by atoms with Crippen LogP contribution in [0.2, 0.25) is 0 Å². The summed E-state index contributed by atoms with van der Waals surface area (Å²) in [6, 6.07) is 0.155. The molecule has 2 aliphatic rings. The maximum Gasteiger partial charge on any atom is 0.325 e. The molecule has 4 nitrogen and oxygen atoms in total. The molecule has 0 bridgehead atoms. The monoisotopic (exact) mass is 337 g/mol. The lowest BCUT2D eigenvalue weighted by molar-refractivity contribution is 0.143. The van der Waals surface area contributed by atoms with Crippen molar-refractivity contribution in [3.05, 3.63) is 12.4 Å². The highest BCUT2D eigenvalue weighted by molar-refractivity contribution is 14.0. The molecule has 0 saturated carbocycles. The fourth-order valence-electron chi connectivity index (χ4n) is 2.03. The first-order valence-corrected chi connectivity index (χ1v) is 5.61. The number of nitrogens with zero attached hydrogens (tertiary/aromatic N) is 3. The van der Waals surface area contributed by atoms with E-state index in [4.69, 9.17) is 0 Å². The number of likely N-dealkylation sites (tertiary alicyclic amines) is 1. The molecule has 1 fully saturated rings. The fraction of sp³-hybridized carbons (Fsp3) is 0.727. The summed E-state index contributed by atoms with van der Waals surface area (Å²) in [6.07, 6.45) is 6.07. The second-order valence-electron chi connectivity index (χ2n) is 4.62. The Kier molecular flexibility index (Phi) is 4.89. The van der Waals surface area contributed by atoms with Crippen molar-refractivity contribution in [3.63, 3.8) is 0 Å². The van der Waals surface area contributed by atoms with Crippen molar-refractivity contribution in [3.8, 4) is 0 Å². The van der Waals surface area contributed by atoms with Crippen molar-refractivity contribution in [1.82, 2.24) is 14.7 Å². The van der Waals surface area contributed by atoms with Crippen LogP contribution in [-0.4, -0.2) is 47.5 Å². The highest BCUT2D eigenvalue weighted by Gasteiger charge is 2.25. The van der Waals surface area contributed by atoms with Gasteiger partial charge in [-0.25, -0.2) is 4.79 Å². The molecule has 0 spiro atoms. The quantitative estimate of drug-likeness (QED) is 0.633. The molecule has 16 heavy (non-hydrogen) atoms. The molecule has 2 heterocycles. The van der Waals surface area contributed by atoms with Crippen LogP contribution in [0.15, 0.2) is 12.4 Å². The minimum atomic E-state index is 0. The van der Waals surface area contributed by atoms with Gasteiger partial charge in [-0.15, -0.1) is 24.0 Å². The van der Waals surface area contributed by atoms with Gasteiger partial charge >= 0.3 is 6.03 Å². The van der Waals surface area contributed by atoms with E-state index in [1.165, 1.54) is 0 Å². The Hall–Kier alpha value is -0.460. The van der Waals surface area contributed by atoms with Gasteiger partial charge in [0.1, 0.15) is 0 Å². The number of piperidine rings is 1. The SMILES string of the molecule is CC1CCN(C(=O)N2C=CN(C)C2)CC1.I. The van der Waals surface area contributed by atoms with E-state index in [1.807, 2.05) is 29.2 Å². The molecule has 0 aromatic heterocycles. The number of hydrogen-bond donors (Lipinski definition) is 0. The molecule has 0 aromatic carbocycles. The molecule has 0 radical (unpaired) electrons. The van der Waals surface area contributed by atoms with Crippen LogP contribution < -0.4 is 0 Å². The molecular weight excluding hydrogens is 317 g/mol. The van der Waals surface area contributed by atoms with E-state index in [0.717, 1.165) is 31.8 Å². The summed E-state index contributed by atoms with van der Waals surface area (Å²) in [6.45, 7) is 4.76. The summed E-state index contributed by atoms with van der Waals surface area (Å²) < 4.78 is 0. The van der Waals surface area contributed by atoms with Crippen LogP contribution in [0.1, 0.15) is 19.8 Å². The third kappa shape index (κ3) is 3.02. The normalized spacial score (nSPS) is 21.2. The predicted molar refractivity (Wildman–Crippen MR) is 74.4 cm³/mol. The van der Waals surface area contributed by atoms with E-state index in [0.29, 0.717) is 6.67 Å². The van der Waals surface area contributed by atoms with Crippen LogP contribution in [-0.2, 0) is 0 Å². The Bertz CT molecular complexity index is 274. The highest BCUT2D eigenvalue weighted by atomic mass is 127.